The minimum absolute atomic E-state index is 0.605. The Morgan fingerprint density at radius 3 is 2.92 bits per heavy atom. The van der Waals surface area contributed by atoms with Gasteiger partial charge in [-0.3, -0.25) is 9.58 Å². The Bertz CT molecular complexity index is 750. The lowest BCUT2D eigenvalue weighted by molar-refractivity contribution is 0.149. The zero-order chi connectivity index (χ0) is 16.2. The minimum atomic E-state index is 0.605. The molecule has 24 heavy (non-hydrogen) atoms. The minimum Gasteiger partial charge on any atom is -0.296 e. The normalized spacial score (nSPS) is 18.8. The molecule has 0 amide bonds. The zero-order valence-corrected chi connectivity index (χ0v) is 13.6. The molecule has 0 bridgehead atoms. The number of nitrogens with zero attached hydrogens (tertiary/aromatic N) is 7. The van der Waals surface area contributed by atoms with Crippen LogP contribution < -0.4 is 0 Å². The van der Waals surface area contributed by atoms with E-state index < -0.39 is 0 Å². The van der Waals surface area contributed by atoms with Gasteiger partial charge in [-0.1, -0.05) is 23.4 Å². The maximum absolute atomic E-state index is 4.47. The molecule has 1 aromatic carbocycles. The van der Waals surface area contributed by atoms with Crippen molar-refractivity contribution in [3.8, 4) is 5.69 Å². The van der Waals surface area contributed by atoms with E-state index in [-0.39, 0.29) is 0 Å². The van der Waals surface area contributed by atoms with Crippen LogP contribution in [-0.4, -0.2) is 47.7 Å². The number of hydrogen-bond donors (Lipinski definition) is 0. The van der Waals surface area contributed by atoms with Crippen LogP contribution >= 0.6 is 0 Å². The molecule has 1 aliphatic rings. The maximum atomic E-state index is 4.47. The Hall–Kier alpha value is -2.54. The van der Waals surface area contributed by atoms with E-state index in [1.54, 1.807) is 12.5 Å². The lowest BCUT2D eigenvalue weighted by Crippen LogP contribution is -2.37. The molecule has 0 radical (unpaired) electrons. The van der Waals surface area contributed by atoms with Crippen LogP contribution in [0, 0.1) is 5.92 Å². The number of aromatic nitrogens is 6. The van der Waals surface area contributed by atoms with Gasteiger partial charge in [0.15, 0.2) is 0 Å². The average molecular weight is 323 g/mol. The quantitative estimate of drug-likeness (QED) is 0.716. The summed E-state index contributed by atoms with van der Waals surface area (Å²) in [4.78, 5) is 6.94. The fourth-order valence-corrected chi connectivity index (χ4v) is 3.40. The molecule has 0 spiro atoms. The Labute approximate surface area is 140 Å². The van der Waals surface area contributed by atoms with E-state index in [9.17, 15) is 0 Å². The van der Waals surface area contributed by atoms with E-state index in [1.165, 1.54) is 12.8 Å². The predicted molar refractivity (Wildman–Crippen MR) is 89.4 cm³/mol. The van der Waals surface area contributed by atoms with Crippen molar-refractivity contribution in [1.82, 2.24) is 34.7 Å². The first-order chi connectivity index (χ1) is 11.9. The van der Waals surface area contributed by atoms with Crippen LogP contribution in [-0.2, 0) is 13.1 Å². The number of likely N-dealkylation sites (tertiary alicyclic amines) is 1. The summed E-state index contributed by atoms with van der Waals surface area (Å²) in [6.45, 7) is 3.92. The summed E-state index contributed by atoms with van der Waals surface area (Å²) in [5.74, 6) is 1.59. The van der Waals surface area contributed by atoms with Gasteiger partial charge in [0.05, 0.1) is 18.4 Å². The van der Waals surface area contributed by atoms with Gasteiger partial charge in [-0.2, -0.15) is 5.10 Å². The van der Waals surface area contributed by atoms with Crippen LogP contribution in [0.25, 0.3) is 5.69 Å². The van der Waals surface area contributed by atoms with E-state index in [4.69, 9.17) is 0 Å². The smallest absolute Gasteiger partial charge is 0.146 e. The van der Waals surface area contributed by atoms with Crippen LogP contribution in [0.5, 0.6) is 0 Å². The summed E-state index contributed by atoms with van der Waals surface area (Å²) in [6.07, 6.45) is 7.76. The van der Waals surface area contributed by atoms with Gasteiger partial charge in [0.25, 0.3) is 0 Å². The van der Waals surface area contributed by atoms with Gasteiger partial charge in [0.2, 0.25) is 0 Å². The monoisotopic (exact) mass is 323 g/mol. The van der Waals surface area contributed by atoms with E-state index in [1.807, 2.05) is 33.8 Å². The van der Waals surface area contributed by atoms with Crippen molar-refractivity contribution in [2.45, 2.75) is 25.9 Å². The second-order valence-electron chi connectivity index (χ2n) is 6.29. The third kappa shape index (κ3) is 3.35. The molecule has 1 unspecified atom stereocenters. The summed E-state index contributed by atoms with van der Waals surface area (Å²) < 4.78 is 3.86. The second kappa shape index (κ2) is 6.92. The summed E-state index contributed by atoms with van der Waals surface area (Å²) in [6, 6.07) is 10.2. The Kier molecular flexibility index (Phi) is 4.33. The summed E-state index contributed by atoms with van der Waals surface area (Å²) >= 11 is 0. The summed E-state index contributed by atoms with van der Waals surface area (Å²) in [5.41, 5.74) is 1.06. The van der Waals surface area contributed by atoms with Crippen LogP contribution in [0.1, 0.15) is 18.7 Å². The number of piperidine rings is 1. The Balaban J connectivity index is 1.43. The molecule has 2 aromatic heterocycles. The Morgan fingerprint density at radius 1 is 1.17 bits per heavy atom. The molecule has 1 fully saturated rings. The van der Waals surface area contributed by atoms with Crippen molar-refractivity contribution in [3.63, 3.8) is 0 Å². The van der Waals surface area contributed by atoms with Crippen LogP contribution in [0.2, 0.25) is 0 Å². The topological polar surface area (TPSA) is 64.7 Å². The van der Waals surface area contributed by atoms with E-state index in [2.05, 4.69) is 37.4 Å². The molecule has 1 saturated heterocycles. The second-order valence-corrected chi connectivity index (χ2v) is 6.29. The lowest BCUT2D eigenvalue weighted by atomic mass is 9.98. The number of hydrogen-bond acceptors (Lipinski definition) is 5. The lowest BCUT2D eigenvalue weighted by Gasteiger charge is -2.32. The molecule has 4 rings (SSSR count). The highest BCUT2D eigenvalue weighted by atomic mass is 15.4. The molecule has 0 saturated carbocycles. The van der Waals surface area contributed by atoms with Crippen molar-refractivity contribution in [2.75, 3.05) is 13.1 Å². The van der Waals surface area contributed by atoms with E-state index >= 15 is 0 Å². The largest absolute Gasteiger partial charge is 0.296 e. The van der Waals surface area contributed by atoms with Crippen LogP contribution in [0.15, 0.2) is 49.1 Å². The standard InChI is InChI=1S/C17H21N7/c1-2-6-16(7-3-1)24-17(18-14-20-24)13-22-9-4-5-15(11-22)12-23-10-8-19-21-23/h1-3,6-8,10,14-15H,4-5,9,11-13H2. The molecule has 0 aliphatic carbocycles. The molecule has 0 N–H and O–H groups in total. The highest BCUT2D eigenvalue weighted by Crippen LogP contribution is 2.20. The van der Waals surface area contributed by atoms with Gasteiger partial charge < -0.3 is 0 Å². The SMILES string of the molecule is c1ccc(-n2ncnc2CN2CCCC(Cn3ccnn3)C2)cc1. The van der Waals surface area contributed by atoms with Gasteiger partial charge in [-0.05, 0) is 37.4 Å². The van der Waals surface area contributed by atoms with Crippen molar-refractivity contribution in [1.29, 1.82) is 0 Å². The summed E-state index contributed by atoms with van der Waals surface area (Å²) in [7, 11) is 0. The maximum Gasteiger partial charge on any atom is 0.146 e. The van der Waals surface area contributed by atoms with E-state index in [0.29, 0.717) is 5.92 Å². The van der Waals surface area contributed by atoms with Crippen molar-refractivity contribution in [2.24, 2.45) is 5.92 Å². The zero-order valence-electron chi connectivity index (χ0n) is 13.6. The van der Waals surface area contributed by atoms with Gasteiger partial charge in [-0.15, -0.1) is 5.10 Å². The third-order valence-corrected chi connectivity index (χ3v) is 4.50. The van der Waals surface area contributed by atoms with Crippen molar-refractivity contribution >= 4 is 0 Å². The highest BCUT2D eigenvalue weighted by molar-refractivity contribution is 5.30. The molecular weight excluding hydrogens is 302 g/mol. The first kappa shape index (κ1) is 15.0. The molecule has 3 heterocycles. The fraction of sp³-hybridized carbons (Fsp3) is 0.412. The van der Waals surface area contributed by atoms with E-state index in [0.717, 1.165) is 37.7 Å². The average Bonchev–Trinajstić information content (AvgIpc) is 3.28. The molecule has 7 heteroatoms. The fourth-order valence-electron chi connectivity index (χ4n) is 3.40. The van der Waals surface area contributed by atoms with Gasteiger partial charge >= 0.3 is 0 Å². The number of benzene rings is 1. The highest BCUT2D eigenvalue weighted by Gasteiger charge is 2.22. The third-order valence-electron chi connectivity index (χ3n) is 4.50. The van der Waals surface area contributed by atoms with Crippen molar-refractivity contribution in [3.05, 3.63) is 54.9 Å². The van der Waals surface area contributed by atoms with Crippen LogP contribution in [0.4, 0.5) is 0 Å². The van der Waals surface area contributed by atoms with Gasteiger partial charge in [0, 0.05) is 19.3 Å². The molecule has 3 aromatic rings. The first-order valence-corrected chi connectivity index (χ1v) is 8.39. The van der Waals surface area contributed by atoms with Crippen molar-refractivity contribution < 1.29 is 0 Å². The number of para-hydroxylation sites is 1. The first-order valence-electron chi connectivity index (χ1n) is 8.39. The molecule has 1 atom stereocenters. The molecule has 124 valence electrons. The van der Waals surface area contributed by atoms with Gasteiger partial charge in [0.1, 0.15) is 12.2 Å². The molecule has 7 nitrogen and oxygen atoms in total. The number of rotatable bonds is 5. The van der Waals surface area contributed by atoms with Crippen LogP contribution in [0.3, 0.4) is 0 Å². The molecule has 1 aliphatic heterocycles. The van der Waals surface area contributed by atoms with Gasteiger partial charge in [-0.25, -0.2) is 9.67 Å². The Morgan fingerprint density at radius 2 is 2.08 bits per heavy atom. The predicted octanol–water partition coefficient (Wildman–Crippen LogP) is 1.77. The summed E-state index contributed by atoms with van der Waals surface area (Å²) in [5, 5.41) is 12.4. The molecular formula is C17H21N7.